The fourth-order valence-electron chi connectivity index (χ4n) is 3.98. The van der Waals surface area contributed by atoms with Crippen molar-refractivity contribution in [2.24, 2.45) is 23.5 Å². The molecular weight excluding hydrogens is 212 g/mol. The zero-order valence-corrected chi connectivity index (χ0v) is 10.5. The topological polar surface area (TPSA) is 55.1 Å². The van der Waals surface area contributed by atoms with E-state index in [-0.39, 0.29) is 0 Å². The first-order valence-electron chi connectivity index (χ1n) is 7.30. The first-order chi connectivity index (χ1) is 8.24. The zero-order chi connectivity index (χ0) is 11.8. The number of carbonyl (C=O) groups is 1. The lowest BCUT2D eigenvalue weighted by molar-refractivity contribution is -0.129. The molecule has 0 aromatic rings. The lowest BCUT2D eigenvalue weighted by Gasteiger charge is -2.46. The van der Waals surface area contributed by atoms with Gasteiger partial charge in [-0.25, -0.2) is 0 Å². The number of nitrogens with one attached hydrogen (secondary N) is 1. The van der Waals surface area contributed by atoms with E-state index in [4.69, 9.17) is 5.73 Å². The van der Waals surface area contributed by atoms with Crippen LogP contribution in [0.1, 0.15) is 51.4 Å². The molecule has 3 fully saturated rings. The molecule has 2 atom stereocenters. The predicted octanol–water partition coefficient (Wildman–Crippen LogP) is 1.81. The number of carbonyl (C=O) groups excluding carboxylic acids is 1. The van der Waals surface area contributed by atoms with Gasteiger partial charge in [-0.3, -0.25) is 4.79 Å². The molecule has 0 aromatic carbocycles. The number of fused-ring (bicyclic) bond motifs is 2. The maximum absolute atomic E-state index is 12.1. The van der Waals surface area contributed by atoms with Crippen LogP contribution in [0.5, 0.6) is 0 Å². The Kier molecular flexibility index (Phi) is 3.12. The third kappa shape index (κ3) is 2.22. The molecule has 3 nitrogen and oxygen atoms in total. The van der Waals surface area contributed by atoms with Gasteiger partial charge in [0.2, 0.25) is 5.91 Å². The van der Waals surface area contributed by atoms with Gasteiger partial charge >= 0.3 is 0 Å². The maximum Gasteiger partial charge on any atom is 0.223 e. The smallest absolute Gasteiger partial charge is 0.223 e. The van der Waals surface area contributed by atoms with Crippen LogP contribution in [0.15, 0.2) is 0 Å². The van der Waals surface area contributed by atoms with E-state index in [1.54, 1.807) is 0 Å². The number of nitrogens with two attached hydrogens (primary N) is 1. The standard InChI is InChI=1S/C14H24N2O/c15-12-7-10-5-2-6-11(8-12)13(10)16-14(17)9-3-1-4-9/h9-13H,1-8,15H2,(H,16,17). The zero-order valence-electron chi connectivity index (χ0n) is 10.5. The molecule has 17 heavy (non-hydrogen) atoms. The van der Waals surface area contributed by atoms with Crippen molar-refractivity contribution >= 4 is 5.91 Å². The highest BCUT2D eigenvalue weighted by Crippen LogP contribution is 2.40. The minimum Gasteiger partial charge on any atom is -0.353 e. The molecule has 2 bridgehead atoms. The summed E-state index contributed by atoms with van der Waals surface area (Å²) >= 11 is 0. The third-order valence-electron chi connectivity index (χ3n) is 5.16. The number of hydrogen-bond donors (Lipinski definition) is 2. The van der Waals surface area contributed by atoms with Crippen LogP contribution in [-0.4, -0.2) is 18.0 Å². The van der Waals surface area contributed by atoms with E-state index >= 15 is 0 Å². The lowest BCUT2D eigenvalue weighted by atomic mass is 9.66. The van der Waals surface area contributed by atoms with Gasteiger partial charge in [0, 0.05) is 18.0 Å². The molecule has 3 N–H and O–H groups in total. The Morgan fingerprint density at radius 1 is 1.00 bits per heavy atom. The van der Waals surface area contributed by atoms with Crippen LogP contribution in [-0.2, 0) is 4.79 Å². The Balaban J connectivity index is 1.63. The average molecular weight is 236 g/mol. The minimum absolute atomic E-state index is 0.325. The second-order valence-corrected chi connectivity index (χ2v) is 6.34. The SMILES string of the molecule is NC1CC2CCCC(C1)C2NC(=O)C1CCC1. The Morgan fingerprint density at radius 3 is 2.12 bits per heavy atom. The number of amides is 1. The number of rotatable bonds is 2. The van der Waals surface area contributed by atoms with Crippen molar-refractivity contribution in [1.82, 2.24) is 5.32 Å². The van der Waals surface area contributed by atoms with E-state index in [1.807, 2.05) is 0 Å². The van der Waals surface area contributed by atoms with Crippen LogP contribution in [0, 0.1) is 17.8 Å². The van der Waals surface area contributed by atoms with Crippen LogP contribution in [0.2, 0.25) is 0 Å². The summed E-state index contributed by atoms with van der Waals surface area (Å²) in [6.45, 7) is 0. The molecule has 3 heteroatoms. The first kappa shape index (κ1) is 11.5. The van der Waals surface area contributed by atoms with E-state index in [2.05, 4.69) is 5.32 Å². The summed E-state index contributed by atoms with van der Waals surface area (Å²) in [4.78, 5) is 12.1. The second-order valence-electron chi connectivity index (χ2n) is 6.34. The maximum atomic E-state index is 12.1. The predicted molar refractivity (Wildman–Crippen MR) is 67.3 cm³/mol. The van der Waals surface area contributed by atoms with Gasteiger partial charge in [-0.2, -0.15) is 0 Å². The second kappa shape index (κ2) is 4.60. The summed E-state index contributed by atoms with van der Waals surface area (Å²) < 4.78 is 0. The Morgan fingerprint density at radius 2 is 1.59 bits per heavy atom. The highest BCUT2D eigenvalue weighted by molar-refractivity contribution is 5.79. The Hall–Kier alpha value is -0.570. The first-order valence-corrected chi connectivity index (χ1v) is 7.30. The van der Waals surface area contributed by atoms with Crippen molar-refractivity contribution in [1.29, 1.82) is 0 Å². The van der Waals surface area contributed by atoms with E-state index in [9.17, 15) is 4.79 Å². The summed E-state index contributed by atoms with van der Waals surface area (Å²) in [6, 6.07) is 0.818. The van der Waals surface area contributed by atoms with E-state index in [1.165, 1.54) is 25.7 Å². The van der Waals surface area contributed by atoms with Crippen LogP contribution in [0.4, 0.5) is 0 Å². The molecule has 3 aliphatic carbocycles. The average Bonchev–Trinajstić information content (AvgIpc) is 2.16. The summed E-state index contributed by atoms with van der Waals surface area (Å²) in [6.07, 6.45) is 9.54. The summed E-state index contributed by atoms with van der Waals surface area (Å²) in [7, 11) is 0. The number of hydrogen-bond acceptors (Lipinski definition) is 2. The third-order valence-corrected chi connectivity index (χ3v) is 5.16. The minimum atomic E-state index is 0.325. The summed E-state index contributed by atoms with van der Waals surface area (Å²) in [5.41, 5.74) is 6.10. The largest absolute Gasteiger partial charge is 0.353 e. The monoisotopic (exact) mass is 236 g/mol. The van der Waals surface area contributed by atoms with Gasteiger partial charge in [-0.15, -0.1) is 0 Å². The molecule has 0 aromatic heterocycles. The van der Waals surface area contributed by atoms with E-state index in [0.29, 0.717) is 35.7 Å². The molecule has 3 aliphatic rings. The van der Waals surface area contributed by atoms with Crippen molar-refractivity contribution in [3.8, 4) is 0 Å². The van der Waals surface area contributed by atoms with Crippen molar-refractivity contribution in [2.45, 2.75) is 63.5 Å². The molecule has 0 saturated heterocycles. The molecule has 0 heterocycles. The fraction of sp³-hybridized carbons (Fsp3) is 0.929. The molecule has 0 spiro atoms. The van der Waals surface area contributed by atoms with Crippen molar-refractivity contribution < 1.29 is 4.79 Å². The van der Waals surface area contributed by atoms with Gasteiger partial charge in [0.05, 0.1) is 0 Å². The summed E-state index contributed by atoms with van der Waals surface area (Å²) in [5, 5.41) is 3.35. The van der Waals surface area contributed by atoms with Crippen LogP contribution < -0.4 is 11.1 Å². The van der Waals surface area contributed by atoms with Crippen LogP contribution in [0.25, 0.3) is 0 Å². The molecule has 3 saturated carbocycles. The molecule has 1 amide bonds. The Labute approximate surface area is 104 Å². The molecular formula is C14H24N2O. The van der Waals surface area contributed by atoms with Gasteiger partial charge < -0.3 is 11.1 Å². The van der Waals surface area contributed by atoms with Gasteiger partial charge in [0.15, 0.2) is 0 Å². The van der Waals surface area contributed by atoms with Gasteiger partial charge in [0.1, 0.15) is 0 Å². The molecule has 3 rings (SSSR count). The lowest BCUT2D eigenvalue weighted by Crippen LogP contribution is -2.55. The summed E-state index contributed by atoms with van der Waals surface area (Å²) in [5.74, 6) is 1.96. The van der Waals surface area contributed by atoms with Crippen LogP contribution >= 0.6 is 0 Å². The van der Waals surface area contributed by atoms with E-state index < -0.39 is 0 Å². The van der Waals surface area contributed by atoms with Crippen molar-refractivity contribution in [3.05, 3.63) is 0 Å². The highest BCUT2D eigenvalue weighted by atomic mass is 16.2. The molecule has 0 radical (unpaired) electrons. The van der Waals surface area contributed by atoms with Crippen molar-refractivity contribution in [3.63, 3.8) is 0 Å². The van der Waals surface area contributed by atoms with Gasteiger partial charge in [-0.1, -0.05) is 12.8 Å². The van der Waals surface area contributed by atoms with Crippen molar-refractivity contribution in [2.75, 3.05) is 0 Å². The fourth-order valence-corrected chi connectivity index (χ4v) is 3.98. The molecule has 96 valence electrons. The van der Waals surface area contributed by atoms with Gasteiger partial charge in [0.25, 0.3) is 0 Å². The molecule has 2 unspecified atom stereocenters. The highest BCUT2D eigenvalue weighted by Gasteiger charge is 2.40. The van der Waals surface area contributed by atoms with Gasteiger partial charge in [-0.05, 0) is 50.4 Å². The molecule has 0 aliphatic heterocycles. The quantitative estimate of drug-likeness (QED) is 0.768. The van der Waals surface area contributed by atoms with E-state index in [0.717, 1.165) is 25.7 Å². The normalized spacial score (nSPS) is 41.7. The Bertz CT molecular complexity index is 287. The van der Waals surface area contributed by atoms with Crippen LogP contribution in [0.3, 0.4) is 0 Å².